The Morgan fingerprint density at radius 2 is 2.00 bits per heavy atom. The quantitative estimate of drug-likeness (QED) is 0.857. The summed E-state index contributed by atoms with van der Waals surface area (Å²) in [5.74, 6) is 0.786. The molecule has 0 unspecified atom stereocenters. The van der Waals surface area contributed by atoms with Crippen molar-refractivity contribution in [2.75, 3.05) is 11.1 Å². The maximum Gasteiger partial charge on any atom is 0.126 e. The maximum atomic E-state index is 6.04. The summed E-state index contributed by atoms with van der Waals surface area (Å²) < 4.78 is 0. The van der Waals surface area contributed by atoms with Gasteiger partial charge < -0.3 is 11.1 Å². The van der Waals surface area contributed by atoms with E-state index in [1.54, 1.807) is 6.20 Å². The third-order valence-electron chi connectivity index (χ3n) is 2.20. The van der Waals surface area contributed by atoms with Gasteiger partial charge in [-0.15, -0.1) is 0 Å². The van der Waals surface area contributed by atoms with Crippen LogP contribution in [0.5, 0.6) is 0 Å². The summed E-state index contributed by atoms with van der Waals surface area (Å²) in [6.07, 6.45) is 1.62. The van der Waals surface area contributed by atoms with Crippen molar-refractivity contribution >= 4 is 23.1 Å². The van der Waals surface area contributed by atoms with Crippen molar-refractivity contribution in [1.29, 1.82) is 0 Å². The van der Waals surface area contributed by atoms with Crippen molar-refractivity contribution in [2.45, 2.75) is 6.54 Å². The summed E-state index contributed by atoms with van der Waals surface area (Å²) in [4.78, 5) is 4.14. The van der Waals surface area contributed by atoms with Crippen molar-refractivity contribution < 1.29 is 0 Å². The molecule has 0 fully saturated rings. The van der Waals surface area contributed by atoms with Gasteiger partial charge in [-0.3, -0.25) is 0 Å². The standard InChI is InChI=1S/C12H12ClN3/c13-11-4-2-1-3-9(11)7-15-12-6-5-10(14)8-16-12/h1-6,8H,7,14H2,(H,15,16). The van der Waals surface area contributed by atoms with Gasteiger partial charge in [0, 0.05) is 11.6 Å². The van der Waals surface area contributed by atoms with E-state index in [2.05, 4.69) is 10.3 Å². The first-order valence-corrected chi connectivity index (χ1v) is 5.32. The average Bonchev–Trinajstić information content (AvgIpc) is 2.30. The normalized spacial score (nSPS) is 10.1. The number of hydrogen-bond donors (Lipinski definition) is 2. The third kappa shape index (κ3) is 2.64. The maximum absolute atomic E-state index is 6.04. The molecule has 0 saturated heterocycles. The number of halogens is 1. The summed E-state index contributed by atoms with van der Waals surface area (Å²) in [5, 5.41) is 3.93. The molecule has 3 N–H and O–H groups in total. The molecule has 3 nitrogen and oxygen atoms in total. The highest BCUT2D eigenvalue weighted by Gasteiger charge is 1.99. The fourth-order valence-electron chi connectivity index (χ4n) is 1.34. The average molecular weight is 234 g/mol. The van der Waals surface area contributed by atoms with Crippen molar-refractivity contribution in [3.8, 4) is 0 Å². The monoisotopic (exact) mass is 233 g/mol. The second-order valence-electron chi connectivity index (χ2n) is 3.42. The first-order chi connectivity index (χ1) is 7.75. The van der Waals surface area contributed by atoms with E-state index in [9.17, 15) is 0 Å². The van der Waals surface area contributed by atoms with E-state index < -0.39 is 0 Å². The molecular formula is C12H12ClN3. The van der Waals surface area contributed by atoms with Gasteiger partial charge in [-0.2, -0.15) is 0 Å². The lowest BCUT2D eigenvalue weighted by Crippen LogP contribution is -2.01. The number of nitrogens with two attached hydrogens (primary N) is 1. The van der Waals surface area contributed by atoms with Gasteiger partial charge in [0.25, 0.3) is 0 Å². The molecule has 1 heterocycles. The molecule has 0 aliphatic carbocycles. The van der Waals surface area contributed by atoms with Gasteiger partial charge in [-0.1, -0.05) is 29.8 Å². The summed E-state index contributed by atoms with van der Waals surface area (Å²) in [6, 6.07) is 11.4. The lowest BCUT2D eigenvalue weighted by Gasteiger charge is -2.07. The summed E-state index contributed by atoms with van der Waals surface area (Å²) in [7, 11) is 0. The molecule has 0 amide bonds. The molecule has 0 aliphatic rings. The van der Waals surface area contributed by atoms with Gasteiger partial charge in [-0.05, 0) is 23.8 Å². The molecule has 0 aliphatic heterocycles. The van der Waals surface area contributed by atoms with Gasteiger partial charge in [0.05, 0.1) is 11.9 Å². The van der Waals surface area contributed by atoms with E-state index >= 15 is 0 Å². The van der Waals surface area contributed by atoms with E-state index in [-0.39, 0.29) is 0 Å². The molecule has 82 valence electrons. The van der Waals surface area contributed by atoms with Gasteiger partial charge >= 0.3 is 0 Å². The molecule has 1 aromatic carbocycles. The van der Waals surface area contributed by atoms with Crippen LogP contribution in [0.3, 0.4) is 0 Å². The molecule has 2 aromatic rings. The predicted octanol–water partition coefficient (Wildman–Crippen LogP) is 2.93. The van der Waals surface area contributed by atoms with E-state index in [1.807, 2.05) is 36.4 Å². The lowest BCUT2D eigenvalue weighted by atomic mass is 10.2. The summed E-state index contributed by atoms with van der Waals surface area (Å²) in [5.41, 5.74) is 7.25. The minimum Gasteiger partial charge on any atom is -0.397 e. The van der Waals surface area contributed by atoms with E-state index in [1.165, 1.54) is 0 Å². The largest absolute Gasteiger partial charge is 0.397 e. The number of nitrogens with zero attached hydrogens (tertiary/aromatic N) is 1. The van der Waals surface area contributed by atoms with E-state index in [0.717, 1.165) is 16.4 Å². The first kappa shape index (κ1) is 10.8. The van der Waals surface area contributed by atoms with Crippen LogP contribution in [0, 0.1) is 0 Å². The summed E-state index contributed by atoms with van der Waals surface area (Å²) >= 11 is 6.04. The first-order valence-electron chi connectivity index (χ1n) is 4.94. The molecule has 0 saturated carbocycles. The van der Waals surface area contributed by atoms with Crippen molar-refractivity contribution in [3.63, 3.8) is 0 Å². The number of hydrogen-bond acceptors (Lipinski definition) is 3. The number of anilines is 2. The molecule has 0 spiro atoms. The second-order valence-corrected chi connectivity index (χ2v) is 3.83. The zero-order valence-electron chi connectivity index (χ0n) is 8.65. The van der Waals surface area contributed by atoms with Crippen LogP contribution in [0.25, 0.3) is 0 Å². The number of nitrogen functional groups attached to an aromatic ring is 1. The van der Waals surface area contributed by atoms with Crippen molar-refractivity contribution in [3.05, 3.63) is 53.2 Å². The van der Waals surface area contributed by atoms with Gasteiger partial charge in [0.2, 0.25) is 0 Å². The van der Waals surface area contributed by atoms with E-state index in [4.69, 9.17) is 17.3 Å². The zero-order valence-corrected chi connectivity index (χ0v) is 9.41. The van der Waals surface area contributed by atoms with Crippen molar-refractivity contribution in [1.82, 2.24) is 4.98 Å². The molecule has 16 heavy (non-hydrogen) atoms. The van der Waals surface area contributed by atoms with Gasteiger partial charge in [0.1, 0.15) is 5.82 Å². The topological polar surface area (TPSA) is 50.9 Å². The van der Waals surface area contributed by atoms with Gasteiger partial charge in [-0.25, -0.2) is 4.98 Å². The second kappa shape index (κ2) is 4.86. The Bertz CT molecular complexity index is 468. The Hall–Kier alpha value is -1.74. The van der Waals surface area contributed by atoms with Crippen LogP contribution < -0.4 is 11.1 Å². The van der Waals surface area contributed by atoms with Crippen LogP contribution in [0.1, 0.15) is 5.56 Å². The zero-order chi connectivity index (χ0) is 11.4. The highest BCUT2D eigenvalue weighted by Crippen LogP contribution is 2.16. The lowest BCUT2D eigenvalue weighted by molar-refractivity contribution is 1.11. The highest BCUT2D eigenvalue weighted by atomic mass is 35.5. The van der Waals surface area contributed by atoms with Crippen LogP contribution in [0.15, 0.2) is 42.6 Å². The van der Waals surface area contributed by atoms with Crippen LogP contribution >= 0.6 is 11.6 Å². The number of rotatable bonds is 3. The van der Waals surface area contributed by atoms with Crippen LogP contribution in [-0.2, 0) is 6.54 Å². The Kier molecular flexibility index (Phi) is 3.27. The Labute approximate surface area is 99.3 Å². The number of nitrogens with one attached hydrogen (secondary N) is 1. The molecule has 2 rings (SSSR count). The molecule has 1 aromatic heterocycles. The molecular weight excluding hydrogens is 222 g/mol. The van der Waals surface area contributed by atoms with Crippen LogP contribution in [-0.4, -0.2) is 4.98 Å². The Morgan fingerprint density at radius 1 is 1.19 bits per heavy atom. The summed E-state index contributed by atoms with van der Waals surface area (Å²) in [6.45, 7) is 0.649. The third-order valence-corrected chi connectivity index (χ3v) is 2.57. The highest BCUT2D eigenvalue weighted by molar-refractivity contribution is 6.31. The minimum absolute atomic E-state index is 0.649. The number of aromatic nitrogens is 1. The Balaban J connectivity index is 2.02. The fraction of sp³-hybridized carbons (Fsp3) is 0.0833. The molecule has 0 bridgehead atoms. The van der Waals surface area contributed by atoms with Crippen LogP contribution in [0.2, 0.25) is 5.02 Å². The van der Waals surface area contributed by atoms with Crippen molar-refractivity contribution in [2.24, 2.45) is 0 Å². The number of benzene rings is 1. The van der Waals surface area contributed by atoms with E-state index in [0.29, 0.717) is 12.2 Å². The fourth-order valence-corrected chi connectivity index (χ4v) is 1.54. The van der Waals surface area contributed by atoms with Gasteiger partial charge in [0.15, 0.2) is 0 Å². The van der Waals surface area contributed by atoms with Crippen LogP contribution in [0.4, 0.5) is 11.5 Å². The molecule has 0 atom stereocenters. The smallest absolute Gasteiger partial charge is 0.126 e. The Morgan fingerprint density at radius 3 is 2.69 bits per heavy atom. The SMILES string of the molecule is Nc1ccc(NCc2ccccc2Cl)nc1. The predicted molar refractivity (Wildman–Crippen MR) is 67.4 cm³/mol. The minimum atomic E-state index is 0.649. The molecule has 4 heteroatoms. The molecule has 0 radical (unpaired) electrons. The number of pyridine rings is 1.